The Kier molecular flexibility index (Phi) is 6.81. The summed E-state index contributed by atoms with van der Waals surface area (Å²) in [4.78, 5) is 10.6. The molecular formula is C18H21N3O6. The molecule has 0 aliphatic rings. The minimum atomic E-state index is -0.521. The van der Waals surface area contributed by atoms with Crippen LogP contribution in [0.2, 0.25) is 0 Å². The Morgan fingerprint density at radius 1 is 0.963 bits per heavy atom. The average Bonchev–Trinajstić information content (AvgIpc) is 2.70. The molecule has 0 spiro atoms. The zero-order valence-corrected chi connectivity index (χ0v) is 15.5. The predicted molar refractivity (Wildman–Crippen MR) is 100 cm³/mol. The first-order valence-corrected chi connectivity index (χ1v) is 7.91. The van der Waals surface area contributed by atoms with Crippen LogP contribution < -0.4 is 24.4 Å². The molecule has 0 aliphatic heterocycles. The lowest BCUT2D eigenvalue weighted by Crippen LogP contribution is -2.06. The summed E-state index contributed by atoms with van der Waals surface area (Å²) in [5, 5.41) is 15.3. The van der Waals surface area contributed by atoms with Crippen LogP contribution in [-0.4, -0.2) is 39.6 Å². The number of methoxy groups -OCH3 is 4. The van der Waals surface area contributed by atoms with Crippen molar-refractivity contribution in [3.8, 4) is 23.0 Å². The van der Waals surface area contributed by atoms with Crippen molar-refractivity contribution >= 4 is 11.9 Å². The fourth-order valence-electron chi connectivity index (χ4n) is 2.39. The number of ether oxygens (including phenoxy) is 4. The number of nitrogens with zero attached hydrogens (tertiary/aromatic N) is 2. The van der Waals surface area contributed by atoms with E-state index in [1.54, 1.807) is 20.3 Å². The van der Waals surface area contributed by atoms with Crippen molar-refractivity contribution in [3.05, 3.63) is 51.6 Å². The van der Waals surface area contributed by atoms with Crippen LogP contribution in [0.15, 0.2) is 35.4 Å². The molecule has 2 aromatic rings. The Labute approximate surface area is 156 Å². The highest BCUT2D eigenvalue weighted by molar-refractivity contribution is 5.85. The normalized spacial score (nSPS) is 10.5. The molecule has 0 amide bonds. The molecule has 9 nitrogen and oxygen atoms in total. The molecule has 9 heteroatoms. The van der Waals surface area contributed by atoms with E-state index in [-0.39, 0.29) is 11.4 Å². The van der Waals surface area contributed by atoms with Crippen molar-refractivity contribution < 1.29 is 23.9 Å². The quantitative estimate of drug-likeness (QED) is 0.408. The summed E-state index contributed by atoms with van der Waals surface area (Å²) in [5.74, 6) is 1.79. The molecule has 27 heavy (non-hydrogen) atoms. The molecule has 1 N–H and O–H groups in total. The molecule has 0 atom stereocenters. The summed E-state index contributed by atoms with van der Waals surface area (Å²) in [5.41, 5.74) is 4.09. The maximum atomic E-state index is 11.2. The molecule has 2 rings (SSSR count). The van der Waals surface area contributed by atoms with Crippen LogP contribution in [0.5, 0.6) is 23.0 Å². The fourth-order valence-corrected chi connectivity index (χ4v) is 2.39. The van der Waals surface area contributed by atoms with Gasteiger partial charge in [-0.1, -0.05) is 6.07 Å². The SMILES string of the molecule is COc1cc(OC)c([N+](=O)[O-])cc1/C=N\NCc1ccc(OC)c(OC)c1. The molecule has 0 unspecified atom stereocenters. The lowest BCUT2D eigenvalue weighted by molar-refractivity contribution is -0.385. The van der Waals surface area contributed by atoms with Crippen molar-refractivity contribution in [2.45, 2.75) is 6.54 Å². The number of hydrogen-bond donors (Lipinski definition) is 1. The van der Waals surface area contributed by atoms with E-state index in [1.165, 1.54) is 32.6 Å². The van der Waals surface area contributed by atoms with Gasteiger partial charge in [0.1, 0.15) is 5.75 Å². The Morgan fingerprint density at radius 3 is 2.22 bits per heavy atom. The van der Waals surface area contributed by atoms with E-state index >= 15 is 0 Å². The molecule has 0 fully saturated rings. The largest absolute Gasteiger partial charge is 0.496 e. The van der Waals surface area contributed by atoms with Crippen LogP contribution in [0.25, 0.3) is 0 Å². The Hall–Kier alpha value is -3.49. The Morgan fingerprint density at radius 2 is 1.63 bits per heavy atom. The van der Waals surface area contributed by atoms with Gasteiger partial charge in [-0.15, -0.1) is 0 Å². The average molecular weight is 375 g/mol. The van der Waals surface area contributed by atoms with Gasteiger partial charge in [-0.25, -0.2) is 0 Å². The van der Waals surface area contributed by atoms with Gasteiger partial charge in [0.25, 0.3) is 0 Å². The number of benzene rings is 2. The van der Waals surface area contributed by atoms with Gasteiger partial charge < -0.3 is 24.4 Å². The topological polar surface area (TPSA) is 104 Å². The van der Waals surface area contributed by atoms with Gasteiger partial charge in [0.05, 0.1) is 46.1 Å². The molecule has 0 saturated carbocycles. The van der Waals surface area contributed by atoms with E-state index in [0.29, 0.717) is 29.4 Å². The third-order valence-electron chi connectivity index (χ3n) is 3.75. The van der Waals surface area contributed by atoms with Gasteiger partial charge >= 0.3 is 5.69 Å². The maximum Gasteiger partial charge on any atom is 0.311 e. The van der Waals surface area contributed by atoms with Crippen molar-refractivity contribution in [2.24, 2.45) is 5.10 Å². The van der Waals surface area contributed by atoms with Crippen LogP contribution in [-0.2, 0) is 6.54 Å². The standard InChI is InChI=1S/C18H21N3O6/c1-24-15-6-5-12(7-18(15)27-4)10-19-20-11-13-8-14(21(22)23)17(26-3)9-16(13)25-2/h5-9,11,19H,10H2,1-4H3/b20-11-. The second-order valence-electron chi connectivity index (χ2n) is 5.31. The maximum absolute atomic E-state index is 11.2. The molecular weight excluding hydrogens is 354 g/mol. The molecule has 0 saturated heterocycles. The molecule has 0 radical (unpaired) electrons. The summed E-state index contributed by atoms with van der Waals surface area (Å²) >= 11 is 0. The second-order valence-corrected chi connectivity index (χ2v) is 5.31. The fraction of sp³-hybridized carbons (Fsp3) is 0.278. The highest BCUT2D eigenvalue weighted by atomic mass is 16.6. The van der Waals surface area contributed by atoms with Crippen molar-refractivity contribution in [2.75, 3.05) is 28.4 Å². The van der Waals surface area contributed by atoms with Crippen molar-refractivity contribution in [1.29, 1.82) is 0 Å². The van der Waals surface area contributed by atoms with Gasteiger partial charge in [0.15, 0.2) is 11.5 Å². The van der Waals surface area contributed by atoms with Gasteiger partial charge in [0.2, 0.25) is 5.75 Å². The second kappa shape index (κ2) is 9.27. The molecule has 0 bridgehead atoms. The monoisotopic (exact) mass is 375 g/mol. The van der Waals surface area contributed by atoms with E-state index in [0.717, 1.165) is 5.56 Å². The zero-order valence-electron chi connectivity index (χ0n) is 15.5. The van der Waals surface area contributed by atoms with E-state index in [2.05, 4.69) is 10.5 Å². The zero-order chi connectivity index (χ0) is 19.8. The minimum Gasteiger partial charge on any atom is -0.496 e. The first-order chi connectivity index (χ1) is 13.0. The van der Waals surface area contributed by atoms with E-state index < -0.39 is 4.92 Å². The Balaban J connectivity index is 2.14. The molecule has 0 heterocycles. The van der Waals surface area contributed by atoms with Crippen LogP contribution in [0, 0.1) is 10.1 Å². The van der Waals surface area contributed by atoms with E-state index in [1.807, 2.05) is 12.1 Å². The third-order valence-corrected chi connectivity index (χ3v) is 3.75. The molecule has 2 aromatic carbocycles. The first kappa shape index (κ1) is 19.8. The van der Waals surface area contributed by atoms with E-state index in [9.17, 15) is 10.1 Å². The number of rotatable bonds is 9. The summed E-state index contributed by atoms with van der Waals surface area (Å²) in [6.45, 7) is 0.428. The van der Waals surface area contributed by atoms with Crippen molar-refractivity contribution in [1.82, 2.24) is 5.43 Å². The number of hydrazone groups is 1. The lowest BCUT2D eigenvalue weighted by atomic mass is 10.1. The lowest BCUT2D eigenvalue weighted by Gasteiger charge is -2.10. The molecule has 0 aliphatic carbocycles. The van der Waals surface area contributed by atoms with Crippen molar-refractivity contribution in [3.63, 3.8) is 0 Å². The van der Waals surface area contributed by atoms with Gasteiger partial charge in [-0.2, -0.15) is 5.10 Å². The van der Waals surface area contributed by atoms with Gasteiger partial charge in [-0.05, 0) is 17.7 Å². The first-order valence-electron chi connectivity index (χ1n) is 7.91. The highest BCUT2D eigenvalue weighted by Crippen LogP contribution is 2.33. The van der Waals surface area contributed by atoms with E-state index in [4.69, 9.17) is 18.9 Å². The number of nitrogens with one attached hydrogen (secondary N) is 1. The summed E-state index contributed by atoms with van der Waals surface area (Å²) in [6.07, 6.45) is 1.45. The number of hydrogen-bond acceptors (Lipinski definition) is 8. The smallest absolute Gasteiger partial charge is 0.311 e. The Bertz CT molecular complexity index is 838. The molecule has 0 aromatic heterocycles. The van der Waals surface area contributed by atoms with Crippen LogP contribution >= 0.6 is 0 Å². The predicted octanol–water partition coefficient (Wildman–Crippen LogP) is 2.75. The summed E-state index contributed by atoms with van der Waals surface area (Å²) in [6, 6.07) is 8.31. The highest BCUT2D eigenvalue weighted by Gasteiger charge is 2.18. The number of nitro groups is 1. The molecule has 144 valence electrons. The summed E-state index contributed by atoms with van der Waals surface area (Å²) in [7, 11) is 5.97. The minimum absolute atomic E-state index is 0.118. The van der Waals surface area contributed by atoms with Gasteiger partial charge in [-0.3, -0.25) is 10.1 Å². The number of nitro benzene ring substituents is 1. The van der Waals surface area contributed by atoms with Crippen LogP contribution in [0.3, 0.4) is 0 Å². The third kappa shape index (κ3) is 4.78. The van der Waals surface area contributed by atoms with Crippen LogP contribution in [0.4, 0.5) is 5.69 Å². The van der Waals surface area contributed by atoms with Crippen LogP contribution in [0.1, 0.15) is 11.1 Å². The summed E-state index contributed by atoms with van der Waals surface area (Å²) < 4.78 is 20.7. The van der Waals surface area contributed by atoms with Gasteiger partial charge in [0, 0.05) is 17.7 Å².